The molecule has 1 unspecified atom stereocenters. The first kappa shape index (κ1) is 13.2. The summed E-state index contributed by atoms with van der Waals surface area (Å²) in [6.07, 6.45) is 5.21. The molecule has 0 aliphatic rings. The molecule has 0 radical (unpaired) electrons. The fourth-order valence-electron chi connectivity index (χ4n) is 1.57. The van der Waals surface area contributed by atoms with Crippen molar-refractivity contribution in [3.05, 3.63) is 47.0 Å². The first-order valence-corrected chi connectivity index (χ1v) is 5.95. The molecule has 3 heteroatoms. The zero-order chi connectivity index (χ0) is 11.8. The minimum Gasteiger partial charge on any atom is -0.329 e. The van der Waals surface area contributed by atoms with E-state index in [-0.39, 0.29) is 6.04 Å². The molecule has 1 rings (SSSR count). The fourth-order valence-corrected chi connectivity index (χ4v) is 1.77. The van der Waals surface area contributed by atoms with Crippen molar-refractivity contribution in [3.63, 3.8) is 0 Å². The lowest BCUT2D eigenvalue weighted by Crippen LogP contribution is -2.28. The van der Waals surface area contributed by atoms with Crippen LogP contribution in [0.4, 0.5) is 0 Å². The van der Waals surface area contributed by atoms with E-state index in [1.165, 1.54) is 0 Å². The Kier molecular flexibility index (Phi) is 6.16. The summed E-state index contributed by atoms with van der Waals surface area (Å²) in [6.45, 7) is 3.53. The van der Waals surface area contributed by atoms with Crippen LogP contribution >= 0.6 is 11.6 Å². The van der Waals surface area contributed by atoms with Crippen molar-refractivity contribution in [2.75, 3.05) is 13.1 Å². The van der Waals surface area contributed by atoms with Crippen LogP contribution in [-0.2, 0) is 0 Å². The Bertz CT molecular complexity index is 336. The van der Waals surface area contributed by atoms with Crippen molar-refractivity contribution in [2.24, 2.45) is 5.73 Å². The molecule has 1 aromatic carbocycles. The third-order valence-corrected chi connectivity index (χ3v) is 2.66. The van der Waals surface area contributed by atoms with Crippen molar-refractivity contribution in [1.29, 1.82) is 0 Å². The van der Waals surface area contributed by atoms with Gasteiger partial charge in [-0.2, -0.15) is 0 Å². The van der Waals surface area contributed by atoms with Gasteiger partial charge in [-0.15, -0.1) is 0 Å². The van der Waals surface area contributed by atoms with Gasteiger partial charge in [0.15, 0.2) is 0 Å². The number of nitrogens with two attached hydrogens (primary N) is 1. The van der Waals surface area contributed by atoms with Gasteiger partial charge in [-0.05, 0) is 37.6 Å². The summed E-state index contributed by atoms with van der Waals surface area (Å²) >= 11 is 5.95. The maximum absolute atomic E-state index is 5.95. The Hall–Kier alpha value is -0.830. The molecule has 3 N–H and O–H groups in total. The quantitative estimate of drug-likeness (QED) is 0.591. The number of allylic oxidation sites excluding steroid dienone is 1. The lowest BCUT2D eigenvalue weighted by molar-refractivity contribution is 0.548. The Morgan fingerprint density at radius 2 is 2.31 bits per heavy atom. The third kappa shape index (κ3) is 4.35. The lowest BCUT2D eigenvalue weighted by atomic mass is 10.1. The lowest BCUT2D eigenvalue weighted by Gasteiger charge is -2.17. The number of hydrogen-bond acceptors (Lipinski definition) is 2. The first-order chi connectivity index (χ1) is 7.77. The molecule has 0 bridgehead atoms. The van der Waals surface area contributed by atoms with Crippen LogP contribution in [0.2, 0.25) is 5.02 Å². The maximum Gasteiger partial charge on any atom is 0.0445 e. The molecule has 0 heterocycles. The Labute approximate surface area is 102 Å². The predicted octanol–water partition coefficient (Wildman–Crippen LogP) is 2.90. The Morgan fingerprint density at radius 1 is 1.50 bits per heavy atom. The molecule has 1 aromatic rings. The minimum atomic E-state index is 0.184. The summed E-state index contributed by atoms with van der Waals surface area (Å²) in [5.74, 6) is 0. The van der Waals surface area contributed by atoms with Crippen LogP contribution in [0.3, 0.4) is 0 Å². The molecule has 0 aliphatic carbocycles. The summed E-state index contributed by atoms with van der Waals surface area (Å²) in [7, 11) is 0. The van der Waals surface area contributed by atoms with E-state index < -0.39 is 0 Å². The van der Waals surface area contributed by atoms with Crippen molar-refractivity contribution < 1.29 is 0 Å². The van der Waals surface area contributed by atoms with Crippen LogP contribution in [0, 0.1) is 0 Å². The van der Waals surface area contributed by atoms with E-state index in [1.807, 2.05) is 31.2 Å². The van der Waals surface area contributed by atoms with Gasteiger partial charge in [0.1, 0.15) is 0 Å². The van der Waals surface area contributed by atoms with Gasteiger partial charge >= 0.3 is 0 Å². The van der Waals surface area contributed by atoms with Gasteiger partial charge in [0.2, 0.25) is 0 Å². The highest BCUT2D eigenvalue weighted by Gasteiger charge is 2.07. The molecular weight excluding hydrogens is 220 g/mol. The number of rotatable bonds is 6. The molecule has 0 saturated heterocycles. The fraction of sp³-hybridized carbons (Fsp3) is 0.385. The van der Waals surface area contributed by atoms with Gasteiger partial charge in [-0.25, -0.2) is 0 Å². The number of benzene rings is 1. The summed E-state index contributed by atoms with van der Waals surface area (Å²) in [5, 5.41) is 4.17. The van der Waals surface area contributed by atoms with Crippen LogP contribution in [0.15, 0.2) is 36.4 Å². The molecule has 0 fully saturated rings. The maximum atomic E-state index is 5.95. The largest absolute Gasteiger partial charge is 0.329 e. The van der Waals surface area contributed by atoms with E-state index in [1.54, 1.807) is 0 Å². The SMILES string of the molecule is C/C=C/CCNC(CN)c1cccc(Cl)c1. The average molecular weight is 239 g/mol. The van der Waals surface area contributed by atoms with Gasteiger partial charge in [0, 0.05) is 17.6 Å². The first-order valence-electron chi connectivity index (χ1n) is 5.58. The smallest absolute Gasteiger partial charge is 0.0445 e. The number of nitrogens with one attached hydrogen (secondary N) is 1. The van der Waals surface area contributed by atoms with Crippen LogP contribution in [0.5, 0.6) is 0 Å². The monoisotopic (exact) mass is 238 g/mol. The molecule has 1 atom stereocenters. The van der Waals surface area contributed by atoms with Crippen LogP contribution < -0.4 is 11.1 Å². The van der Waals surface area contributed by atoms with E-state index in [0.29, 0.717) is 6.54 Å². The molecule has 0 spiro atoms. The summed E-state index contributed by atoms with van der Waals surface area (Å²) < 4.78 is 0. The van der Waals surface area contributed by atoms with E-state index in [9.17, 15) is 0 Å². The Morgan fingerprint density at radius 3 is 2.94 bits per heavy atom. The zero-order valence-corrected chi connectivity index (χ0v) is 10.4. The molecule has 0 aliphatic heterocycles. The topological polar surface area (TPSA) is 38.0 Å². The van der Waals surface area contributed by atoms with Gasteiger partial charge in [-0.3, -0.25) is 0 Å². The average Bonchev–Trinajstić information content (AvgIpc) is 2.29. The summed E-state index contributed by atoms with van der Waals surface area (Å²) in [6, 6.07) is 8.02. The number of hydrogen-bond donors (Lipinski definition) is 2. The van der Waals surface area contributed by atoms with E-state index in [4.69, 9.17) is 17.3 Å². The number of halogens is 1. The van der Waals surface area contributed by atoms with Gasteiger partial charge < -0.3 is 11.1 Å². The molecule has 0 aromatic heterocycles. The molecule has 2 nitrogen and oxygen atoms in total. The highest BCUT2D eigenvalue weighted by molar-refractivity contribution is 6.30. The highest BCUT2D eigenvalue weighted by atomic mass is 35.5. The normalized spacial score (nSPS) is 13.2. The second-order valence-electron chi connectivity index (χ2n) is 3.66. The minimum absolute atomic E-state index is 0.184. The predicted molar refractivity (Wildman–Crippen MR) is 70.7 cm³/mol. The standard InChI is InChI=1S/C13H19ClN2/c1-2-3-4-8-16-13(10-15)11-6-5-7-12(14)9-11/h2-3,5-7,9,13,16H,4,8,10,15H2,1H3/b3-2+. The molecule has 88 valence electrons. The van der Waals surface area contributed by atoms with Gasteiger partial charge in [-0.1, -0.05) is 35.9 Å². The van der Waals surface area contributed by atoms with E-state index >= 15 is 0 Å². The van der Waals surface area contributed by atoms with Crippen LogP contribution in [0.1, 0.15) is 24.9 Å². The molecule has 0 saturated carbocycles. The van der Waals surface area contributed by atoms with Gasteiger partial charge in [0.05, 0.1) is 0 Å². The zero-order valence-electron chi connectivity index (χ0n) is 9.62. The molecule has 0 amide bonds. The summed E-state index contributed by atoms with van der Waals surface area (Å²) in [5.41, 5.74) is 6.89. The van der Waals surface area contributed by atoms with Gasteiger partial charge in [0.25, 0.3) is 0 Å². The summed E-state index contributed by atoms with van der Waals surface area (Å²) in [4.78, 5) is 0. The second kappa shape index (κ2) is 7.44. The van der Waals surface area contributed by atoms with E-state index in [0.717, 1.165) is 23.6 Å². The van der Waals surface area contributed by atoms with Crippen molar-refractivity contribution >= 4 is 11.6 Å². The van der Waals surface area contributed by atoms with Crippen molar-refractivity contribution in [2.45, 2.75) is 19.4 Å². The highest BCUT2D eigenvalue weighted by Crippen LogP contribution is 2.16. The molecule has 16 heavy (non-hydrogen) atoms. The van der Waals surface area contributed by atoms with Crippen LogP contribution in [0.25, 0.3) is 0 Å². The van der Waals surface area contributed by atoms with Crippen molar-refractivity contribution in [3.8, 4) is 0 Å². The van der Waals surface area contributed by atoms with E-state index in [2.05, 4.69) is 17.5 Å². The Balaban J connectivity index is 2.53. The van der Waals surface area contributed by atoms with Crippen LogP contribution in [-0.4, -0.2) is 13.1 Å². The molecular formula is C13H19ClN2. The third-order valence-electron chi connectivity index (χ3n) is 2.42. The van der Waals surface area contributed by atoms with Crippen molar-refractivity contribution in [1.82, 2.24) is 5.32 Å². The second-order valence-corrected chi connectivity index (χ2v) is 4.09.